The molecule has 0 radical (unpaired) electrons. The summed E-state index contributed by atoms with van der Waals surface area (Å²) in [4.78, 5) is 28.0. The van der Waals surface area contributed by atoms with Crippen LogP contribution < -0.4 is 19.7 Å². The predicted molar refractivity (Wildman–Crippen MR) is 103 cm³/mol. The summed E-state index contributed by atoms with van der Waals surface area (Å²) in [5, 5.41) is 2.95. The molecule has 1 N–H and O–H groups in total. The Morgan fingerprint density at radius 1 is 1.07 bits per heavy atom. The number of fused-ring (bicyclic) bond motifs is 2. The van der Waals surface area contributed by atoms with E-state index in [0.29, 0.717) is 37.4 Å². The Labute approximate surface area is 163 Å². The minimum Gasteiger partial charge on any atom is -0.454 e. The Morgan fingerprint density at radius 3 is 2.75 bits per heavy atom. The average molecular weight is 378 g/mol. The molecule has 3 aliphatic rings. The van der Waals surface area contributed by atoms with Crippen LogP contribution in [-0.4, -0.2) is 25.2 Å². The van der Waals surface area contributed by atoms with Gasteiger partial charge in [0.15, 0.2) is 11.5 Å². The molecule has 28 heavy (non-hydrogen) atoms. The van der Waals surface area contributed by atoms with E-state index in [1.54, 1.807) is 0 Å². The number of para-hydroxylation sites is 1. The van der Waals surface area contributed by atoms with Crippen LogP contribution in [0.15, 0.2) is 42.5 Å². The van der Waals surface area contributed by atoms with E-state index in [-0.39, 0.29) is 18.6 Å². The Morgan fingerprint density at radius 2 is 1.89 bits per heavy atom. The van der Waals surface area contributed by atoms with Gasteiger partial charge in [0.05, 0.1) is 0 Å². The average Bonchev–Trinajstić information content (AvgIpc) is 3.42. The summed E-state index contributed by atoms with van der Waals surface area (Å²) in [6.45, 7) is 1.26. The standard InChI is InChI=1S/C22H22N2O4/c25-20(23-13-15-7-8-18-19(12-15)28-14-27-18)22(9-10-22)21(26)24-11-3-5-16-4-1-2-6-17(16)24/h1-2,4,6-8,12H,3,5,9-11,13-14H2,(H,23,25). The zero-order valence-electron chi connectivity index (χ0n) is 15.6. The van der Waals surface area contributed by atoms with Crippen molar-refractivity contribution < 1.29 is 19.1 Å². The number of carbonyl (C=O) groups is 2. The van der Waals surface area contributed by atoms with E-state index in [1.165, 1.54) is 5.56 Å². The van der Waals surface area contributed by atoms with Crippen molar-refractivity contribution in [3.8, 4) is 11.5 Å². The number of carbonyl (C=O) groups excluding carboxylic acids is 2. The van der Waals surface area contributed by atoms with Crippen LogP contribution in [0.3, 0.4) is 0 Å². The van der Waals surface area contributed by atoms with Crippen molar-refractivity contribution in [1.82, 2.24) is 5.32 Å². The Kier molecular flexibility index (Phi) is 4.00. The third kappa shape index (κ3) is 2.80. The first kappa shape index (κ1) is 17.1. The molecule has 2 aliphatic heterocycles. The van der Waals surface area contributed by atoms with Gasteiger partial charge in [-0.15, -0.1) is 0 Å². The number of amides is 2. The molecule has 2 heterocycles. The summed E-state index contributed by atoms with van der Waals surface area (Å²) < 4.78 is 10.7. The van der Waals surface area contributed by atoms with Gasteiger partial charge in [0.2, 0.25) is 18.6 Å². The van der Waals surface area contributed by atoms with E-state index in [0.717, 1.165) is 24.1 Å². The van der Waals surface area contributed by atoms with E-state index in [9.17, 15) is 9.59 Å². The maximum Gasteiger partial charge on any atom is 0.242 e. The highest BCUT2D eigenvalue weighted by Gasteiger charge is 2.58. The maximum absolute atomic E-state index is 13.3. The molecule has 2 aromatic carbocycles. The van der Waals surface area contributed by atoms with Crippen LogP contribution in [0.1, 0.15) is 30.4 Å². The molecular formula is C22H22N2O4. The van der Waals surface area contributed by atoms with Gasteiger partial charge in [-0.25, -0.2) is 0 Å². The van der Waals surface area contributed by atoms with Crippen molar-refractivity contribution in [2.45, 2.75) is 32.2 Å². The molecule has 0 bridgehead atoms. The highest BCUT2D eigenvalue weighted by molar-refractivity contribution is 6.14. The van der Waals surface area contributed by atoms with Gasteiger partial charge in [-0.3, -0.25) is 9.59 Å². The highest BCUT2D eigenvalue weighted by Crippen LogP contribution is 2.49. The molecule has 0 aromatic heterocycles. The maximum atomic E-state index is 13.3. The Bertz CT molecular complexity index is 951. The van der Waals surface area contributed by atoms with Gasteiger partial charge in [0.25, 0.3) is 0 Å². The second kappa shape index (κ2) is 6.55. The first-order chi connectivity index (χ1) is 13.7. The summed E-state index contributed by atoms with van der Waals surface area (Å²) in [7, 11) is 0. The largest absolute Gasteiger partial charge is 0.454 e. The van der Waals surface area contributed by atoms with Crippen LogP contribution in [0.4, 0.5) is 5.69 Å². The lowest BCUT2D eigenvalue weighted by Crippen LogP contribution is -2.47. The van der Waals surface area contributed by atoms with Crippen molar-refractivity contribution in [3.05, 3.63) is 53.6 Å². The molecule has 1 aliphatic carbocycles. The molecule has 2 aromatic rings. The molecule has 1 fully saturated rings. The number of benzene rings is 2. The minimum absolute atomic E-state index is 0.0668. The summed E-state index contributed by atoms with van der Waals surface area (Å²) in [6.07, 6.45) is 3.12. The number of aryl methyl sites for hydroxylation is 1. The number of ether oxygens (including phenoxy) is 2. The summed E-state index contributed by atoms with van der Waals surface area (Å²) in [6, 6.07) is 13.6. The van der Waals surface area contributed by atoms with Crippen LogP contribution in [0.2, 0.25) is 0 Å². The highest BCUT2D eigenvalue weighted by atomic mass is 16.7. The molecule has 5 rings (SSSR count). The SMILES string of the molecule is O=C(NCc1ccc2c(c1)OCO2)C1(C(=O)N2CCCc3ccccc32)CC1. The summed E-state index contributed by atoms with van der Waals surface area (Å²) in [5.74, 6) is 1.16. The van der Waals surface area contributed by atoms with Crippen LogP contribution in [0.25, 0.3) is 0 Å². The number of anilines is 1. The van der Waals surface area contributed by atoms with E-state index < -0.39 is 5.41 Å². The van der Waals surface area contributed by atoms with Gasteiger partial charge in [-0.05, 0) is 55.0 Å². The van der Waals surface area contributed by atoms with Crippen molar-refractivity contribution in [2.24, 2.45) is 5.41 Å². The van der Waals surface area contributed by atoms with Crippen molar-refractivity contribution in [1.29, 1.82) is 0 Å². The molecule has 6 heteroatoms. The molecule has 0 atom stereocenters. The van der Waals surface area contributed by atoms with Gasteiger partial charge in [0.1, 0.15) is 5.41 Å². The zero-order chi connectivity index (χ0) is 19.1. The van der Waals surface area contributed by atoms with Gasteiger partial charge in [-0.2, -0.15) is 0 Å². The molecule has 0 spiro atoms. The van der Waals surface area contributed by atoms with Crippen LogP contribution in [0.5, 0.6) is 11.5 Å². The topological polar surface area (TPSA) is 67.9 Å². The number of hydrogen-bond acceptors (Lipinski definition) is 4. The Balaban J connectivity index is 1.29. The number of rotatable bonds is 4. The minimum atomic E-state index is -0.916. The van der Waals surface area contributed by atoms with Crippen molar-refractivity contribution in [2.75, 3.05) is 18.2 Å². The molecule has 2 amide bonds. The fourth-order valence-corrected chi connectivity index (χ4v) is 4.07. The predicted octanol–water partition coefficient (Wildman–Crippen LogP) is 2.79. The molecular weight excluding hydrogens is 356 g/mol. The monoisotopic (exact) mass is 378 g/mol. The fraction of sp³-hybridized carbons (Fsp3) is 0.364. The third-order valence-corrected chi connectivity index (χ3v) is 5.84. The Hall–Kier alpha value is -3.02. The van der Waals surface area contributed by atoms with Gasteiger partial charge in [0, 0.05) is 18.8 Å². The van der Waals surface area contributed by atoms with Gasteiger partial charge < -0.3 is 19.7 Å². The van der Waals surface area contributed by atoms with E-state index >= 15 is 0 Å². The number of hydrogen-bond donors (Lipinski definition) is 1. The second-order valence-corrected chi connectivity index (χ2v) is 7.64. The van der Waals surface area contributed by atoms with Gasteiger partial charge in [-0.1, -0.05) is 24.3 Å². The smallest absolute Gasteiger partial charge is 0.242 e. The first-order valence-electron chi connectivity index (χ1n) is 9.74. The van der Waals surface area contributed by atoms with Crippen LogP contribution in [0, 0.1) is 5.41 Å². The van der Waals surface area contributed by atoms with Crippen LogP contribution >= 0.6 is 0 Å². The molecule has 6 nitrogen and oxygen atoms in total. The van der Waals surface area contributed by atoms with E-state index in [4.69, 9.17) is 9.47 Å². The van der Waals surface area contributed by atoms with Gasteiger partial charge >= 0.3 is 0 Å². The lowest BCUT2D eigenvalue weighted by molar-refractivity contribution is -0.135. The third-order valence-electron chi connectivity index (χ3n) is 5.84. The summed E-state index contributed by atoms with van der Waals surface area (Å²) >= 11 is 0. The summed E-state index contributed by atoms with van der Waals surface area (Å²) in [5.41, 5.74) is 2.14. The lowest BCUT2D eigenvalue weighted by atomic mass is 9.97. The van der Waals surface area contributed by atoms with Crippen molar-refractivity contribution in [3.63, 3.8) is 0 Å². The normalized spacial score (nSPS) is 18.4. The first-order valence-corrected chi connectivity index (χ1v) is 9.74. The fourth-order valence-electron chi connectivity index (χ4n) is 4.07. The molecule has 1 saturated carbocycles. The zero-order valence-corrected chi connectivity index (χ0v) is 15.6. The van der Waals surface area contributed by atoms with Crippen molar-refractivity contribution >= 4 is 17.5 Å². The van der Waals surface area contributed by atoms with Crippen LogP contribution in [-0.2, 0) is 22.6 Å². The van der Waals surface area contributed by atoms with E-state index in [2.05, 4.69) is 11.4 Å². The molecule has 144 valence electrons. The quantitative estimate of drug-likeness (QED) is 0.831. The molecule has 0 saturated heterocycles. The second-order valence-electron chi connectivity index (χ2n) is 7.64. The lowest BCUT2D eigenvalue weighted by Gasteiger charge is -2.32. The number of nitrogens with one attached hydrogen (secondary N) is 1. The van der Waals surface area contributed by atoms with E-state index in [1.807, 2.05) is 41.3 Å². The number of nitrogens with zero attached hydrogens (tertiary/aromatic N) is 1. The molecule has 0 unspecified atom stereocenters.